The molecule has 5 heteroatoms. The number of piperidine rings is 1. The molecule has 0 saturated carbocycles. The first-order chi connectivity index (χ1) is 9.99. The number of rotatable bonds is 6. The number of carbonyl (C=O) groups is 2. The van der Waals surface area contributed by atoms with Crippen LogP contribution in [-0.2, 0) is 4.79 Å². The first kappa shape index (κ1) is 17.4. The van der Waals surface area contributed by atoms with Gasteiger partial charge in [0.1, 0.15) is 0 Å². The summed E-state index contributed by atoms with van der Waals surface area (Å²) in [6, 6.07) is -0.425. The van der Waals surface area contributed by atoms with Crippen LogP contribution in [0.25, 0.3) is 0 Å². The Labute approximate surface area is 127 Å². The molecule has 0 aromatic rings. The highest BCUT2D eigenvalue weighted by Crippen LogP contribution is 2.36. The van der Waals surface area contributed by atoms with E-state index in [4.69, 9.17) is 6.42 Å². The zero-order chi connectivity index (χ0) is 15.9. The van der Waals surface area contributed by atoms with Crippen LogP contribution >= 0.6 is 0 Å². The Balaban J connectivity index is 2.57. The van der Waals surface area contributed by atoms with Crippen LogP contribution in [-0.4, -0.2) is 41.1 Å². The third-order valence-electron chi connectivity index (χ3n) is 4.27. The van der Waals surface area contributed by atoms with Crippen molar-refractivity contribution in [2.75, 3.05) is 13.1 Å². The normalized spacial score (nSPS) is 18.6. The minimum absolute atomic E-state index is 0.179. The molecule has 0 bridgehead atoms. The second-order valence-corrected chi connectivity index (χ2v) is 5.78. The van der Waals surface area contributed by atoms with E-state index in [2.05, 4.69) is 11.2 Å². The highest BCUT2D eigenvalue weighted by Gasteiger charge is 2.41. The van der Waals surface area contributed by atoms with E-state index in [0.717, 1.165) is 19.3 Å². The number of terminal acetylenes is 1. The van der Waals surface area contributed by atoms with Gasteiger partial charge in [0.15, 0.2) is 0 Å². The highest BCUT2D eigenvalue weighted by molar-refractivity contribution is 5.77. The van der Waals surface area contributed by atoms with Gasteiger partial charge in [0.05, 0.1) is 11.5 Å². The van der Waals surface area contributed by atoms with Gasteiger partial charge in [-0.1, -0.05) is 32.6 Å². The second kappa shape index (κ2) is 7.92. The molecule has 1 aliphatic rings. The number of nitrogens with zero attached hydrogens (tertiary/aromatic N) is 1. The molecule has 1 saturated heterocycles. The van der Waals surface area contributed by atoms with E-state index in [1.54, 1.807) is 4.90 Å². The van der Waals surface area contributed by atoms with Gasteiger partial charge in [-0.05, 0) is 25.7 Å². The summed E-state index contributed by atoms with van der Waals surface area (Å²) in [4.78, 5) is 25.3. The number of urea groups is 1. The molecular formula is C16H26N2O3. The van der Waals surface area contributed by atoms with Gasteiger partial charge in [0.25, 0.3) is 0 Å². The summed E-state index contributed by atoms with van der Waals surface area (Å²) < 4.78 is 0. The predicted molar refractivity (Wildman–Crippen MR) is 81.8 cm³/mol. The van der Waals surface area contributed by atoms with Gasteiger partial charge in [0, 0.05) is 13.1 Å². The van der Waals surface area contributed by atoms with Crippen LogP contribution in [0.15, 0.2) is 0 Å². The minimum Gasteiger partial charge on any atom is -0.481 e. The number of likely N-dealkylation sites (tertiary alicyclic amines) is 1. The predicted octanol–water partition coefficient (Wildman–Crippen LogP) is 2.46. The Morgan fingerprint density at radius 2 is 1.95 bits per heavy atom. The van der Waals surface area contributed by atoms with E-state index in [1.807, 2.05) is 13.8 Å². The van der Waals surface area contributed by atoms with Gasteiger partial charge in [-0.25, -0.2) is 4.79 Å². The molecule has 1 heterocycles. The standard InChI is InChI=1S/C16H26N2O3/c1-4-7-13(6-3)17-15(21)18-11-9-16(8-5-2,10-12-18)14(19)20/h3,13H,4-5,7-12H2,1-2H3,(H,17,21)(H,19,20). The van der Waals surface area contributed by atoms with Crippen molar-refractivity contribution in [2.45, 2.75) is 58.4 Å². The van der Waals surface area contributed by atoms with Crippen molar-refractivity contribution in [1.29, 1.82) is 0 Å². The largest absolute Gasteiger partial charge is 0.481 e. The van der Waals surface area contributed by atoms with Gasteiger partial charge in [0.2, 0.25) is 0 Å². The summed E-state index contributed by atoms with van der Waals surface area (Å²) in [6.07, 6.45) is 9.60. The topological polar surface area (TPSA) is 69.6 Å². The van der Waals surface area contributed by atoms with Crippen molar-refractivity contribution in [3.8, 4) is 12.3 Å². The molecule has 0 aliphatic carbocycles. The van der Waals surface area contributed by atoms with Gasteiger partial charge in [-0.3, -0.25) is 4.79 Å². The Morgan fingerprint density at radius 3 is 2.38 bits per heavy atom. The summed E-state index contributed by atoms with van der Waals surface area (Å²) in [5.41, 5.74) is -0.666. The molecule has 21 heavy (non-hydrogen) atoms. The summed E-state index contributed by atoms with van der Waals surface area (Å²) in [5.74, 6) is 1.84. The third-order valence-corrected chi connectivity index (χ3v) is 4.27. The van der Waals surface area contributed by atoms with Crippen LogP contribution in [0.5, 0.6) is 0 Å². The van der Waals surface area contributed by atoms with Crippen LogP contribution in [0.2, 0.25) is 0 Å². The van der Waals surface area contributed by atoms with E-state index in [0.29, 0.717) is 32.4 Å². The molecule has 118 valence electrons. The number of carboxylic acid groups (broad SMARTS) is 1. The van der Waals surface area contributed by atoms with Crippen LogP contribution in [0, 0.1) is 17.8 Å². The average molecular weight is 294 g/mol. The second-order valence-electron chi connectivity index (χ2n) is 5.78. The number of hydrogen-bond donors (Lipinski definition) is 2. The van der Waals surface area contributed by atoms with E-state index < -0.39 is 11.4 Å². The summed E-state index contributed by atoms with van der Waals surface area (Å²) in [6.45, 7) is 4.96. The number of hydrogen-bond acceptors (Lipinski definition) is 2. The van der Waals surface area contributed by atoms with Crippen LogP contribution in [0.1, 0.15) is 52.4 Å². The van der Waals surface area contributed by atoms with E-state index in [9.17, 15) is 14.7 Å². The van der Waals surface area contributed by atoms with Crippen molar-refractivity contribution >= 4 is 12.0 Å². The fourth-order valence-electron chi connectivity index (χ4n) is 2.91. The lowest BCUT2D eigenvalue weighted by atomic mass is 9.75. The average Bonchev–Trinajstić information content (AvgIpc) is 2.47. The third kappa shape index (κ3) is 4.38. The SMILES string of the molecule is C#CC(CCC)NC(=O)N1CCC(CCC)(C(=O)O)CC1. The Hall–Kier alpha value is -1.70. The zero-order valence-electron chi connectivity index (χ0n) is 13.0. The van der Waals surface area contributed by atoms with Crippen molar-refractivity contribution in [3.63, 3.8) is 0 Å². The Morgan fingerprint density at radius 1 is 1.33 bits per heavy atom. The van der Waals surface area contributed by atoms with Crippen molar-refractivity contribution in [2.24, 2.45) is 5.41 Å². The molecule has 2 amide bonds. The van der Waals surface area contributed by atoms with E-state index in [-0.39, 0.29) is 12.1 Å². The number of carboxylic acids is 1. The summed E-state index contributed by atoms with van der Waals surface area (Å²) >= 11 is 0. The molecule has 1 aliphatic heterocycles. The maximum Gasteiger partial charge on any atom is 0.318 e. The maximum atomic E-state index is 12.2. The first-order valence-corrected chi connectivity index (χ1v) is 7.74. The zero-order valence-corrected chi connectivity index (χ0v) is 13.0. The van der Waals surface area contributed by atoms with Crippen molar-refractivity contribution in [1.82, 2.24) is 10.2 Å². The Bertz CT molecular complexity index is 406. The molecule has 0 spiro atoms. The summed E-state index contributed by atoms with van der Waals surface area (Å²) in [7, 11) is 0. The van der Waals surface area contributed by atoms with Gasteiger partial charge in [-0.15, -0.1) is 6.42 Å². The monoisotopic (exact) mass is 294 g/mol. The Kier molecular flexibility index (Phi) is 6.54. The van der Waals surface area contributed by atoms with Crippen molar-refractivity contribution in [3.05, 3.63) is 0 Å². The van der Waals surface area contributed by atoms with Crippen LogP contribution < -0.4 is 5.32 Å². The lowest BCUT2D eigenvalue weighted by molar-refractivity contribution is -0.152. The molecule has 2 N–H and O–H groups in total. The molecule has 0 aromatic heterocycles. The minimum atomic E-state index is -0.739. The smallest absolute Gasteiger partial charge is 0.318 e. The maximum absolute atomic E-state index is 12.2. The molecule has 1 unspecified atom stereocenters. The molecular weight excluding hydrogens is 268 g/mol. The fourth-order valence-corrected chi connectivity index (χ4v) is 2.91. The molecule has 1 fully saturated rings. The number of carbonyl (C=O) groups excluding carboxylic acids is 1. The quantitative estimate of drug-likeness (QED) is 0.739. The number of amides is 2. The fraction of sp³-hybridized carbons (Fsp3) is 0.750. The lowest BCUT2D eigenvalue weighted by Crippen LogP contribution is -2.51. The number of nitrogens with one attached hydrogen (secondary N) is 1. The van der Waals surface area contributed by atoms with Crippen LogP contribution in [0.3, 0.4) is 0 Å². The summed E-state index contributed by atoms with van der Waals surface area (Å²) in [5, 5.41) is 12.3. The molecule has 1 rings (SSSR count). The highest BCUT2D eigenvalue weighted by atomic mass is 16.4. The van der Waals surface area contributed by atoms with E-state index >= 15 is 0 Å². The van der Waals surface area contributed by atoms with Crippen molar-refractivity contribution < 1.29 is 14.7 Å². The molecule has 0 aromatic carbocycles. The molecule has 0 radical (unpaired) electrons. The van der Waals surface area contributed by atoms with Crippen LogP contribution in [0.4, 0.5) is 4.79 Å². The van der Waals surface area contributed by atoms with Gasteiger partial charge >= 0.3 is 12.0 Å². The van der Waals surface area contributed by atoms with Gasteiger partial charge in [-0.2, -0.15) is 0 Å². The molecule has 1 atom stereocenters. The number of aliphatic carboxylic acids is 1. The first-order valence-electron chi connectivity index (χ1n) is 7.74. The molecule has 5 nitrogen and oxygen atoms in total. The van der Waals surface area contributed by atoms with Gasteiger partial charge < -0.3 is 15.3 Å². The lowest BCUT2D eigenvalue weighted by Gasteiger charge is -2.39. The van der Waals surface area contributed by atoms with E-state index in [1.165, 1.54) is 0 Å².